The summed E-state index contributed by atoms with van der Waals surface area (Å²) in [6.45, 7) is 23.2. The molecule has 3 heterocycles. The van der Waals surface area contributed by atoms with Crippen LogP contribution in [0, 0.1) is 6.92 Å². The maximum absolute atomic E-state index is 2.80. The first-order chi connectivity index (χ1) is 31.0. The van der Waals surface area contributed by atoms with Gasteiger partial charge in [0, 0.05) is 34.1 Å². The van der Waals surface area contributed by atoms with Gasteiger partial charge in [0.25, 0.3) is 6.71 Å². The molecule has 0 saturated carbocycles. The van der Waals surface area contributed by atoms with Gasteiger partial charge in [-0.1, -0.05) is 190 Å². The lowest BCUT2D eigenvalue weighted by Gasteiger charge is -2.45. The topological polar surface area (TPSA) is 6.48 Å². The minimum atomic E-state index is -2.80. The van der Waals surface area contributed by atoms with Crippen LogP contribution >= 0.6 is 0 Å². The molecule has 0 N–H and O–H groups in total. The lowest BCUT2D eigenvalue weighted by atomic mass is 9.33. The van der Waals surface area contributed by atoms with E-state index >= 15 is 0 Å². The summed E-state index contributed by atoms with van der Waals surface area (Å²) in [6.07, 6.45) is 0. The van der Waals surface area contributed by atoms with Crippen molar-refractivity contribution in [3.63, 3.8) is 0 Å². The molecule has 2 nitrogen and oxygen atoms in total. The average molecular weight is 859 g/mol. The number of hydrogen-bond acceptors (Lipinski definition) is 2. The maximum atomic E-state index is 2.70. The highest BCUT2D eigenvalue weighted by atomic mass is 28.3. The molecule has 0 saturated heterocycles. The number of rotatable bonds is 4. The lowest BCUT2D eigenvalue weighted by Crippen LogP contribution is -2.73. The number of aryl methyl sites for hydroxylation is 1. The monoisotopic (exact) mass is 858 g/mol. The Kier molecular flexibility index (Phi) is 9.27. The van der Waals surface area contributed by atoms with E-state index in [1.165, 1.54) is 105 Å². The standard InChI is InChI=1S/C61H59BN2Si/c1-40-35-54-58-55(36-40)64(45-32-27-42(28-33-45)60(5,6)7)53-38-49-48-23-17-18-24-56(48)65(46-19-13-11-14-20-46,47-21-15-12-16-22-47)57(49)39-51(53)62(58)50-37-43(61(8,9)10)29-34-52(50)63(54)44-30-25-41(26-31-44)59(2,3)4/h11-39H,1-10H3. The predicted octanol–water partition coefficient (Wildman–Crippen LogP) is 11.3. The second-order valence-electron chi connectivity index (χ2n) is 21.9. The van der Waals surface area contributed by atoms with Crippen LogP contribution in [0.5, 0.6) is 0 Å². The minimum absolute atomic E-state index is 0.00430. The third kappa shape index (κ3) is 6.35. The highest BCUT2D eigenvalue weighted by molar-refractivity contribution is 7.22. The Labute approximate surface area is 388 Å². The quantitative estimate of drug-likeness (QED) is 0.163. The fourth-order valence-electron chi connectivity index (χ4n) is 11.3. The Hall–Kier alpha value is -6.36. The number of benzene rings is 8. The number of nitrogens with zero attached hydrogens (tertiary/aromatic N) is 2. The van der Waals surface area contributed by atoms with E-state index < -0.39 is 8.07 Å². The zero-order chi connectivity index (χ0) is 45.2. The molecule has 0 aromatic heterocycles. The van der Waals surface area contributed by atoms with Gasteiger partial charge in [-0.3, -0.25) is 0 Å². The molecule has 3 aliphatic rings. The van der Waals surface area contributed by atoms with Gasteiger partial charge in [0.05, 0.1) is 0 Å². The lowest BCUT2D eigenvalue weighted by molar-refractivity contribution is 0.590. The molecule has 3 aliphatic heterocycles. The van der Waals surface area contributed by atoms with Gasteiger partial charge in [0.15, 0.2) is 8.07 Å². The molecule has 320 valence electrons. The van der Waals surface area contributed by atoms with E-state index in [0.29, 0.717) is 0 Å². The van der Waals surface area contributed by atoms with Crippen LogP contribution in [-0.2, 0) is 16.2 Å². The molecular weight excluding hydrogens is 800 g/mol. The molecule has 8 aromatic carbocycles. The van der Waals surface area contributed by atoms with Gasteiger partial charge in [0.1, 0.15) is 0 Å². The summed E-state index contributed by atoms with van der Waals surface area (Å²) in [7, 11) is -2.80. The van der Waals surface area contributed by atoms with Crippen molar-refractivity contribution in [2.75, 3.05) is 9.80 Å². The average Bonchev–Trinajstić information content (AvgIpc) is 3.57. The van der Waals surface area contributed by atoms with Crippen molar-refractivity contribution in [1.82, 2.24) is 0 Å². The molecule has 0 fully saturated rings. The fourth-order valence-corrected chi connectivity index (χ4v) is 16.5. The van der Waals surface area contributed by atoms with Crippen LogP contribution in [0.1, 0.15) is 84.6 Å². The van der Waals surface area contributed by atoms with Crippen molar-refractivity contribution in [2.45, 2.75) is 85.5 Å². The van der Waals surface area contributed by atoms with Gasteiger partial charge < -0.3 is 9.80 Å². The van der Waals surface area contributed by atoms with Crippen LogP contribution in [0.25, 0.3) is 11.1 Å². The van der Waals surface area contributed by atoms with Crippen LogP contribution in [0.3, 0.4) is 0 Å². The molecule has 0 unspecified atom stereocenters. The van der Waals surface area contributed by atoms with E-state index in [1.54, 1.807) is 0 Å². The summed E-state index contributed by atoms with van der Waals surface area (Å²) < 4.78 is 0. The van der Waals surface area contributed by atoms with Crippen LogP contribution in [0.15, 0.2) is 176 Å². The van der Waals surface area contributed by atoms with E-state index in [-0.39, 0.29) is 23.0 Å². The first-order valence-corrected chi connectivity index (χ1v) is 25.5. The van der Waals surface area contributed by atoms with Crippen molar-refractivity contribution in [3.8, 4) is 11.1 Å². The molecule has 4 heteroatoms. The van der Waals surface area contributed by atoms with Gasteiger partial charge in [0.2, 0.25) is 0 Å². The van der Waals surface area contributed by atoms with Gasteiger partial charge in [-0.25, -0.2) is 0 Å². The SMILES string of the molecule is Cc1cc2c3c(c1)N(c1ccc(C(C)(C)C)cc1)c1cc4c(cc1B3c1cc(C(C)(C)C)ccc1N2c1ccc(C(C)(C)C)cc1)[Si](c1ccccc1)(c1ccccc1)c1ccccc1-4. The van der Waals surface area contributed by atoms with E-state index in [4.69, 9.17) is 0 Å². The highest BCUT2D eigenvalue weighted by Gasteiger charge is 2.51. The third-order valence-corrected chi connectivity index (χ3v) is 19.5. The highest BCUT2D eigenvalue weighted by Crippen LogP contribution is 2.47. The minimum Gasteiger partial charge on any atom is -0.311 e. The molecule has 11 rings (SSSR count). The van der Waals surface area contributed by atoms with Crippen molar-refractivity contribution >= 4 is 86.0 Å². The van der Waals surface area contributed by atoms with Crippen molar-refractivity contribution < 1.29 is 0 Å². The molecule has 0 spiro atoms. The van der Waals surface area contributed by atoms with Crippen molar-refractivity contribution in [1.29, 1.82) is 0 Å². The molecular formula is C61H59BN2Si. The first-order valence-electron chi connectivity index (χ1n) is 23.5. The van der Waals surface area contributed by atoms with E-state index in [2.05, 4.69) is 255 Å². The zero-order valence-corrected chi connectivity index (χ0v) is 40.7. The van der Waals surface area contributed by atoms with Crippen molar-refractivity contribution in [2.24, 2.45) is 0 Å². The molecule has 65 heavy (non-hydrogen) atoms. The second kappa shape index (κ2) is 14.6. The van der Waals surface area contributed by atoms with E-state index in [0.717, 1.165) is 0 Å². The van der Waals surface area contributed by atoms with Crippen LogP contribution in [-0.4, -0.2) is 14.8 Å². The Morgan fingerprint density at radius 1 is 0.385 bits per heavy atom. The Morgan fingerprint density at radius 3 is 1.37 bits per heavy atom. The fraction of sp³-hybridized carbons (Fsp3) is 0.213. The second-order valence-corrected chi connectivity index (χ2v) is 25.7. The van der Waals surface area contributed by atoms with Crippen molar-refractivity contribution in [3.05, 3.63) is 198 Å². The van der Waals surface area contributed by atoms with Gasteiger partial charge >= 0.3 is 0 Å². The number of hydrogen-bond donors (Lipinski definition) is 0. The summed E-state index contributed by atoms with van der Waals surface area (Å²) in [4.78, 5) is 5.18. The summed E-state index contributed by atoms with van der Waals surface area (Å²) in [5, 5.41) is 5.78. The number of fused-ring (bicyclic) bond motifs is 7. The Balaban J connectivity index is 1.27. The summed E-state index contributed by atoms with van der Waals surface area (Å²) in [6, 6.07) is 68.6. The van der Waals surface area contributed by atoms with E-state index in [9.17, 15) is 0 Å². The third-order valence-electron chi connectivity index (χ3n) is 14.6. The predicted molar refractivity (Wildman–Crippen MR) is 284 cm³/mol. The largest absolute Gasteiger partial charge is 0.311 e. The molecule has 0 radical (unpaired) electrons. The van der Waals surface area contributed by atoms with Gasteiger partial charge in [-0.2, -0.15) is 0 Å². The van der Waals surface area contributed by atoms with Gasteiger partial charge in [-0.05, 0) is 142 Å². The smallest absolute Gasteiger partial charge is 0.252 e. The summed E-state index contributed by atoms with van der Waals surface area (Å²) in [5.41, 5.74) is 19.5. The van der Waals surface area contributed by atoms with Crippen LogP contribution in [0.2, 0.25) is 0 Å². The zero-order valence-electron chi connectivity index (χ0n) is 39.7. The molecule has 0 atom stereocenters. The Morgan fingerprint density at radius 2 is 0.846 bits per heavy atom. The molecule has 0 amide bonds. The number of anilines is 6. The summed E-state index contributed by atoms with van der Waals surface area (Å²) >= 11 is 0. The molecule has 0 bridgehead atoms. The molecule has 0 aliphatic carbocycles. The maximum Gasteiger partial charge on any atom is 0.252 e. The van der Waals surface area contributed by atoms with Gasteiger partial charge in [-0.15, -0.1) is 0 Å². The van der Waals surface area contributed by atoms with Crippen LogP contribution < -0.4 is 46.9 Å². The molecule has 8 aromatic rings. The van der Waals surface area contributed by atoms with E-state index in [1.807, 2.05) is 0 Å². The van der Waals surface area contributed by atoms with Crippen LogP contribution in [0.4, 0.5) is 34.1 Å². The summed E-state index contributed by atoms with van der Waals surface area (Å²) in [5.74, 6) is 0. The first kappa shape index (κ1) is 41.4. The Bertz CT molecular complexity index is 3110. The normalized spacial score (nSPS) is 14.6.